The van der Waals surface area contributed by atoms with E-state index in [1.807, 2.05) is 37.1 Å². The lowest BCUT2D eigenvalue weighted by Gasteiger charge is -2.17. The van der Waals surface area contributed by atoms with Gasteiger partial charge in [0.15, 0.2) is 0 Å². The van der Waals surface area contributed by atoms with Crippen molar-refractivity contribution in [2.24, 2.45) is 0 Å². The van der Waals surface area contributed by atoms with E-state index in [-0.39, 0.29) is 0 Å². The minimum Gasteiger partial charge on any atom is -0.478 e. The van der Waals surface area contributed by atoms with Crippen molar-refractivity contribution in [3.05, 3.63) is 41.5 Å². The number of hydrogen-bond donors (Lipinski definition) is 1. The van der Waals surface area contributed by atoms with Crippen molar-refractivity contribution in [2.45, 2.75) is 13.8 Å². The minimum absolute atomic E-state index is 0.375. The first-order valence-electron chi connectivity index (χ1n) is 5.18. The lowest BCUT2D eigenvalue weighted by molar-refractivity contribution is -0.132. The zero-order chi connectivity index (χ0) is 12.1. The van der Waals surface area contributed by atoms with E-state index >= 15 is 0 Å². The Morgan fingerprint density at radius 2 is 2.19 bits per heavy atom. The molecule has 3 nitrogen and oxygen atoms in total. The van der Waals surface area contributed by atoms with Crippen LogP contribution < -0.4 is 4.90 Å². The molecule has 0 aromatic heterocycles. The number of nitrogens with zero attached hydrogens (tertiary/aromatic N) is 1. The fourth-order valence-corrected chi connectivity index (χ4v) is 1.33. The molecule has 0 amide bonds. The standard InChI is InChI=1S/C13H17NO2/c1-10-5-4-6-12(9-10)14(3)8-7-11(2)13(15)16/h4-7,9H,8H2,1-3H3,(H,15,16). The number of carbonyl (C=O) groups is 1. The van der Waals surface area contributed by atoms with Gasteiger partial charge in [-0.1, -0.05) is 18.2 Å². The molecule has 0 aliphatic rings. The van der Waals surface area contributed by atoms with Gasteiger partial charge in [0, 0.05) is 24.9 Å². The van der Waals surface area contributed by atoms with Crippen molar-refractivity contribution in [3.63, 3.8) is 0 Å². The molecule has 0 aliphatic carbocycles. The van der Waals surface area contributed by atoms with Crippen molar-refractivity contribution in [3.8, 4) is 0 Å². The summed E-state index contributed by atoms with van der Waals surface area (Å²) in [7, 11) is 1.94. The molecule has 86 valence electrons. The van der Waals surface area contributed by atoms with E-state index in [9.17, 15) is 4.79 Å². The summed E-state index contributed by atoms with van der Waals surface area (Å²) < 4.78 is 0. The first kappa shape index (κ1) is 12.3. The number of hydrogen-bond acceptors (Lipinski definition) is 2. The third-order valence-electron chi connectivity index (χ3n) is 2.45. The molecule has 0 radical (unpaired) electrons. The van der Waals surface area contributed by atoms with Gasteiger partial charge in [-0.15, -0.1) is 0 Å². The van der Waals surface area contributed by atoms with Gasteiger partial charge in [0.1, 0.15) is 0 Å². The average Bonchev–Trinajstić information content (AvgIpc) is 2.25. The predicted molar refractivity (Wildman–Crippen MR) is 65.8 cm³/mol. The monoisotopic (exact) mass is 219 g/mol. The van der Waals surface area contributed by atoms with Crippen LogP contribution in [0.2, 0.25) is 0 Å². The third-order valence-corrected chi connectivity index (χ3v) is 2.45. The largest absolute Gasteiger partial charge is 0.478 e. The summed E-state index contributed by atoms with van der Waals surface area (Å²) in [6, 6.07) is 8.12. The van der Waals surface area contributed by atoms with Crippen molar-refractivity contribution < 1.29 is 9.90 Å². The number of aliphatic carboxylic acids is 1. The fraction of sp³-hybridized carbons (Fsp3) is 0.308. The molecule has 16 heavy (non-hydrogen) atoms. The molecule has 1 rings (SSSR count). The highest BCUT2D eigenvalue weighted by molar-refractivity contribution is 5.85. The summed E-state index contributed by atoms with van der Waals surface area (Å²) in [5.41, 5.74) is 2.66. The predicted octanol–water partition coefficient (Wildman–Crippen LogP) is 2.46. The van der Waals surface area contributed by atoms with Crippen LogP contribution in [0.5, 0.6) is 0 Å². The van der Waals surface area contributed by atoms with Gasteiger partial charge < -0.3 is 10.0 Å². The second-order valence-electron chi connectivity index (χ2n) is 3.91. The molecule has 1 N–H and O–H groups in total. The van der Waals surface area contributed by atoms with Gasteiger partial charge in [-0.25, -0.2) is 4.79 Å². The highest BCUT2D eigenvalue weighted by Crippen LogP contribution is 2.14. The number of rotatable bonds is 4. The second-order valence-corrected chi connectivity index (χ2v) is 3.91. The van der Waals surface area contributed by atoms with Crippen LogP contribution in [0.3, 0.4) is 0 Å². The quantitative estimate of drug-likeness (QED) is 0.791. The Morgan fingerprint density at radius 1 is 1.50 bits per heavy atom. The lowest BCUT2D eigenvalue weighted by Crippen LogP contribution is -2.17. The van der Waals surface area contributed by atoms with Crippen LogP contribution in [0.1, 0.15) is 12.5 Å². The first-order chi connectivity index (χ1) is 7.50. The van der Waals surface area contributed by atoms with Crippen molar-refractivity contribution >= 4 is 11.7 Å². The number of aryl methyl sites for hydroxylation is 1. The molecule has 0 unspecified atom stereocenters. The van der Waals surface area contributed by atoms with E-state index in [0.29, 0.717) is 12.1 Å². The SMILES string of the molecule is CC(=CCN(C)c1cccc(C)c1)C(=O)O. The summed E-state index contributed by atoms with van der Waals surface area (Å²) >= 11 is 0. The normalized spacial score (nSPS) is 11.3. The van der Waals surface area contributed by atoms with E-state index in [0.717, 1.165) is 5.69 Å². The second kappa shape index (κ2) is 5.35. The lowest BCUT2D eigenvalue weighted by atomic mass is 10.2. The van der Waals surface area contributed by atoms with E-state index in [1.54, 1.807) is 13.0 Å². The fourth-order valence-electron chi connectivity index (χ4n) is 1.33. The number of carboxylic acids is 1. The van der Waals surface area contributed by atoms with Crippen molar-refractivity contribution in [1.82, 2.24) is 0 Å². The van der Waals surface area contributed by atoms with Gasteiger partial charge in [0.25, 0.3) is 0 Å². The minimum atomic E-state index is -0.863. The van der Waals surface area contributed by atoms with Crippen LogP contribution in [0.15, 0.2) is 35.9 Å². The summed E-state index contributed by atoms with van der Waals surface area (Å²) in [5.74, 6) is -0.863. The first-order valence-corrected chi connectivity index (χ1v) is 5.18. The average molecular weight is 219 g/mol. The Kier molecular flexibility index (Phi) is 4.11. The van der Waals surface area contributed by atoms with E-state index < -0.39 is 5.97 Å². The molecule has 0 atom stereocenters. The van der Waals surface area contributed by atoms with Crippen LogP contribution in [-0.4, -0.2) is 24.7 Å². The van der Waals surface area contributed by atoms with E-state index in [2.05, 4.69) is 6.07 Å². The molecule has 0 aliphatic heterocycles. The van der Waals surface area contributed by atoms with Crippen LogP contribution in [0.25, 0.3) is 0 Å². The van der Waals surface area contributed by atoms with Crippen LogP contribution >= 0.6 is 0 Å². The van der Waals surface area contributed by atoms with E-state index in [4.69, 9.17) is 5.11 Å². The number of carboxylic acid groups (broad SMARTS) is 1. The molecular formula is C13H17NO2. The van der Waals surface area contributed by atoms with Gasteiger partial charge in [-0.2, -0.15) is 0 Å². The molecule has 0 fully saturated rings. The molecule has 0 saturated heterocycles. The zero-order valence-corrected chi connectivity index (χ0v) is 9.90. The van der Waals surface area contributed by atoms with Gasteiger partial charge in [0.2, 0.25) is 0 Å². The summed E-state index contributed by atoms with van der Waals surface area (Å²) in [4.78, 5) is 12.6. The summed E-state index contributed by atoms with van der Waals surface area (Å²) in [6.45, 7) is 4.24. The highest BCUT2D eigenvalue weighted by Gasteiger charge is 2.02. The van der Waals surface area contributed by atoms with Gasteiger partial charge in [-0.3, -0.25) is 0 Å². The third kappa shape index (κ3) is 3.42. The zero-order valence-electron chi connectivity index (χ0n) is 9.90. The Balaban J connectivity index is 2.69. The molecule has 0 bridgehead atoms. The maximum atomic E-state index is 10.6. The molecule has 1 aromatic carbocycles. The maximum absolute atomic E-state index is 10.6. The van der Waals surface area contributed by atoms with Crippen molar-refractivity contribution in [1.29, 1.82) is 0 Å². The summed E-state index contributed by atoms with van der Waals surface area (Å²) in [6.07, 6.45) is 1.71. The Morgan fingerprint density at radius 3 is 2.75 bits per heavy atom. The van der Waals surface area contributed by atoms with Crippen LogP contribution in [-0.2, 0) is 4.79 Å². The van der Waals surface area contributed by atoms with Gasteiger partial charge >= 0.3 is 5.97 Å². The molecule has 0 spiro atoms. The smallest absolute Gasteiger partial charge is 0.331 e. The molecular weight excluding hydrogens is 202 g/mol. The Labute approximate surface area is 96.0 Å². The molecule has 0 heterocycles. The van der Waals surface area contributed by atoms with E-state index in [1.165, 1.54) is 5.56 Å². The topological polar surface area (TPSA) is 40.5 Å². The van der Waals surface area contributed by atoms with Crippen LogP contribution in [0.4, 0.5) is 5.69 Å². The Hall–Kier alpha value is -1.77. The molecule has 0 saturated carbocycles. The number of benzene rings is 1. The van der Waals surface area contributed by atoms with Crippen LogP contribution in [0, 0.1) is 6.92 Å². The van der Waals surface area contributed by atoms with Gasteiger partial charge in [-0.05, 0) is 31.5 Å². The molecule has 3 heteroatoms. The number of anilines is 1. The maximum Gasteiger partial charge on any atom is 0.331 e. The molecule has 1 aromatic rings. The van der Waals surface area contributed by atoms with Crippen molar-refractivity contribution in [2.75, 3.05) is 18.5 Å². The summed E-state index contributed by atoms with van der Waals surface area (Å²) in [5, 5.41) is 8.72. The Bertz CT molecular complexity index is 410. The number of likely N-dealkylation sites (N-methyl/N-ethyl adjacent to an activating group) is 1. The highest BCUT2D eigenvalue weighted by atomic mass is 16.4. The van der Waals surface area contributed by atoms with Gasteiger partial charge in [0.05, 0.1) is 0 Å².